The topological polar surface area (TPSA) is 143 Å². The first-order valence-electron chi connectivity index (χ1n) is 15.0. The highest BCUT2D eigenvalue weighted by atomic mass is 79.9. The largest absolute Gasteiger partial charge is 0.495 e. The van der Waals surface area contributed by atoms with Gasteiger partial charge in [-0.25, -0.2) is 19.6 Å². The van der Waals surface area contributed by atoms with Crippen LogP contribution < -0.4 is 20.1 Å². The predicted octanol–water partition coefficient (Wildman–Crippen LogP) is 5.73. The zero-order chi connectivity index (χ0) is 32.3. The van der Waals surface area contributed by atoms with E-state index in [1.54, 1.807) is 14.2 Å². The van der Waals surface area contributed by atoms with Crippen molar-refractivity contribution in [3.05, 3.63) is 45.9 Å². The Bertz CT molecular complexity index is 1630. The van der Waals surface area contributed by atoms with Gasteiger partial charge in [-0.2, -0.15) is 0 Å². The van der Waals surface area contributed by atoms with Crippen LogP contribution in [0.25, 0.3) is 21.6 Å². The Balaban J connectivity index is 1.42. The number of thiazole rings is 1. The van der Waals surface area contributed by atoms with E-state index in [4.69, 9.17) is 19.4 Å². The number of aromatic nitrogens is 2. The van der Waals surface area contributed by atoms with Gasteiger partial charge in [0, 0.05) is 42.8 Å². The lowest BCUT2D eigenvalue weighted by Gasteiger charge is -2.25. The number of ether oxygens (including phenoxy) is 2. The van der Waals surface area contributed by atoms with Crippen molar-refractivity contribution >= 4 is 56.1 Å². The van der Waals surface area contributed by atoms with Crippen LogP contribution in [0.1, 0.15) is 57.6 Å². The van der Waals surface area contributed by atoms with Crippen molar-refractivity contribution in [1.82, 2.24) is 25.5 Å². The molecule has 0 bridgehead atoms. The number of aliphatic carboxylic acids is 1. The van der Waals surface area contributed by atoms with E-state index < -0.39 is 29.5 Å². The average Bonchev–Trinajstić information content (AvgIpc) is 3.47. The summed E-state index contributed by atoms with van der Waals surface area (Å²) in [5.41, 5.74) is 0.852. The third-order valence-corrected chi connectivity index (χ3v) is 9.90. The molecule has 3 unspecified atom stereocenters. The fourth-order valence-corrected chi connectivity index (χ4v) is 6.86. The standard InChI is InChI=1S/C32H38BrN5O6S/c1-18(2)23-17-45-29(35-23)22-15-25(20-10-11-24(43-4)26(33)27(20)34-22)44-14-12-21-28(39)37-32(30(40)41)16-19(32)9-7-5-6-8-13-38(3)31(42)36-21/h7,9-11,15,17-19,21H,5-6,8,12-14,16H2,1-4H3,(H,36,42)(H,37,39)(H,40,41)/b9-7+. The summed E-state index contributed by atoms with van der Waals surface area (Å²) in [6, 6.07) is 4.07. The fourth-order valence-electron chi connectivity index (χ4n) is 5.32. The second-order valence-electron chi connectivity index (χ2n) is 11.8. The number of carboxylic acid groups (broad SMARTS) is 1. The summed E-state index contributed by atoms with van der Waals surface area (Å²) in [5, 5.41) is 19.0. The average molecular weight is 701 g/mol. The van der Waals surface area contributed by atoms with Crippen LogP contribution in [0.2, 0.25) is 0 Å². The molecule has 3 N–H and O–H groups in total. The molecule has 13 heteroatoms. The van der Waals surface area contributed by atoms with Crippen molar-refractivity contribution in [3.8, 4) is 22.2 Å². The van der Waals surface area contributed by atoms with E-state index in [1.165, 1.54) is 16.2 Å². The second kappa shape index (κ2) is 13.7. The molecule has 0 saturated heterocycles. The molecule has 11 nitrogen and oxygen atoms in total. The van der Waals surface area contributed by atoms with Gasteiger partial charge in [0.05, 0.1) is 29.4 Å². The zero-order valence-electron chi connectivity index (χ0n) is 25.8. The number of fused-ring (bicyclic) bond motifs is 2. The number of methoxy groups -OCH3 is 1. The fraction of sp³-hybridized carbons (Fsp3) is 0.469. The monoisotopic (exact) mass is 699 g/mol. The summed E-state index contributed by atoms with van der Waals surface area (Å²) in [6.07, 6.45) is 6.70. The number of nitrogens with one attached hydrogen (secondary N) is 2. The maximum Gasteiger partial charge on any atom is 0.330 e. The Hall–Kier alpha value is -3.71. The summed E-state index contributed by atoms with van der Waals surface area (Å²) >= 11 is 5.12. The van der Waals surface area contributed by atoms with Gasteiger partial charge in [0.1, 0.15) is 33.8 Å². The van der Waals surface area contributed by atoms with Crippen molar-refractivity contribution in [2.45, 2.75) is 63.5 Å². The van der Waals surface area contributed by atoms with Crippen LogP contribution in [0, 0.1) is 5.92 Å². The summed E-state index contributed by atoms with van der Waals surface area (Å²) in [6.45, 7) is 4.76. The quantitative estimate of drug-likeness (QED) is 0.253. The van der Waals surface area contributed by atoms with E-state index in [9.17, 15) is 19.5 Å². The number of carbonyl (C=O) groups is 3. The lowest BCUT2D eigenvalue weighted by Crippen LogP contribution is -2.55. The first-order chi connectivity index (χ1) is 21.5. The molecule has 1 saturated carbocycles. The molecule has 2 aromatic heterocycles. The highest BCUT2D eigenvalue weighted by Crippen LogP contribution is 2.45. The van der Waals surface area contributed by atoms with Crippen LogP contribution in [0.5, 0.6) is 11.5 Å². The number of carboxylic acids is 1. The van der Waals surface area contributed by atoms with Gasteiger partial charge in [0.25, 0.3) is 0 Å². The number of benzene rings is 1. The molecule has 3 aromatic rings. The van der Waals surface area contributed by atoms with Crippen molar-refractivity contribution < 1.29 is 29.0 Å². The van der Waals surface area contributed by atoms with Gasteiger partial charge < -0.3 is 30.1 Å². The van der Waals surface area contributed by atoms with Crippen molar-refractivity contribution in [2.24, 2.45) is 5.92 Å². The van der Waals surface area contributed by atoms with E-state index in [0.29, 0.717) is 40.1 Å². The van der Waals surface area contributed by atoms with Gasteiger partial charge in [-0.1, -0.05) is 26.0 Å². The Morgan fingerprint density at radius 3 is 2.76 bits per heavy atom. The number of carbonyl (C=O) groups excluding carboxylic acids is 2. The van der Waals surface area contributed by atoms with E-state index >= 15 is 0 Å². The number of pyridine rings is 1. The first kappa shape index (κ1) is 32.7. The molecule has 240 valence electrons. The number of urea groups is 1. The molecule has 3 atom stereocenters. The lowest BCUT2D eigenvalue weighted by molar-refractivity contribution is -0.143. The maximum absolute atomic E-state index is 13.5. The Morgan fingerprint density at radius 2 is 2.04 bits per heavy atom. The SMILES string of the molecule is COc1ccc2c(OCCC3NC(=O)N(C)CCCC/C=C/C4CC4(C(=O)O)NC3=O)cc(-c3nc(C(C)C)cs3)nc2c1Br. The van der Waals surface area contributed by atoms with E-state index in [2.05, 4.69) is 40.4 Å². The molecule has 5 rings (SSSR count). The minimum atomic E-state index is -1.38. The summed E-state index contributed by atoms with van der Waals surface area (Å²) < 4.78 is 12.5. The number of allylic oxidation sites excluding steroid dienone is 1. The molecular formula is C32H38BrN5O6S. The maximum atomic E-state index is 13.5. The van der Waals surface area contributed by atoms with Gasteiger partial charge >= 0.3 is 12.0 Å². The van der Waals surface area contributed by atoms with Gasteiger partial charge in [-0.3, -0.25) is 4.79 Å². The van der Waals surface area contributed by atoms with Gasteiger partial charge in [-0.05, 0) is 59.7 Å². The third-order valence-electron chi connectivity index (χ3n) is 8.25. The Morgan fingerprint density at radius 1 is 1.24 bits per heavy atom. The Labute approximate surface area is 274 Å². The van der Waals surface area contributed by atoms with Crippen LogP contribution in [-0.2, 0) is 9.59 Å². The van der Waals surface area contributed by atoms with Crippen molar-refractivity contribution in [1.29, 1.82) is 0 Å². The molecule has 3 amide bonds. The molecule has 0 spiro atoms. The van der Waals surface area contributed by atoms with Crippen LogP contribution in [0.4, 0.5) is 4.79 Å². The van der Waals surface area contributed by atoms with Crippen LogP contribution >= 0.6 is 27.3 Å². The molecule has 1 aliphatic carbocycles. The molecule has 3 heterocycles. The van der Waals surface area contributed by atoms with Crippen molar-refractivity contribution in [3.63, 3.8) is 0 Å². The van der Waals surface area contributed by atoms with Crippen LogP contribution in [-0.4, -0.2) is 76.8 Å². The predicted molar refractivity (Wildman–Crippen MR) is 176 cm³/mol. The highest BCUT2D eigenvalue weighted by molar-refractivity contribution is 9.10. The molecule has 1 aliphatic heterocycles. The van der Waals surface area contributed by atoms with Gasteiger partial charge in [-0.15, -0.1) is 11.3 Å². The summed E-state index contributed by atoms with van der Waals surface area (Å²) in [4.78, 5) is 50.0. The first-order valence-corrected chi connectivity index (χ1v) is 16.7. The molecular weight excluding hydrogens is 662 g/mol. The summed E-state index contributed by atoms with van der Waals surface area (Å²) in [5.74, 6) is -0.539. The third kappa shape index (κ3) is 7.09. The number of halogens is 1. The molecule has 1 fully saturated rings. The van der Waals surface area contributed by atoms with Crippen LogP contribution in [0.15, 0.2) is 40.2 Å². The minimum Gasteiger partial charge on any atom is -0.495 e. The lowest BCUT2D eigenvalue weighted by atomic mass is 10.1. The zero-order valence-corrected chi connectivity index (χ0v) is 28.2. The normalized spacial score (nSPS) is 23.1. The number of rotatable bonds is 8. The second-order valence-corrected chi connectivity index (χ2v) is 13.4. The highest BCUT2D eigenvalue weighted by Gasteiger charge is 2.60. The number of hydrogen-bond donors (Lipinski definition) is 3. The minimum absolute atomic E-state index is 0.0583. The Kier molecular flexibility index (Phi) is 9.97. The number of hydrogen-bond acceptors (Lipinski definition) is 8. The number of nitrogens with zero attached hydrogens (tertiary/aromatic N) is 3. The summed E-state index contributed by atoms with van der Waals surface area (Å²) in [7, 11) is 3.26. The number of amides is 3. The molecule has 1 aromatic carbocycles. The molecule has 45 heavy (non-hydrogen) atoms. The van der Waals surface area contributed by atoms with E-state index in [1.807, 2.05) is 35.7 Å². The van der Waals surface area contributed by atoms with Crippen LogP contribution in [0.3, 0.4) is 0 Å². The molecule has 0 radical (unpaired) electrons. The molecule has 2 aliphatic rings. The van der Waals surface area contributed by atoms with Gasteiger partial charge in [0.2, 0.25) is 5.91 Å². The van der Waals surface area contributed by atoms with Gasteiger partial charge in [0.15, 0.2) is 0 Å². The smallest absolute Gasteiger partial charge is 0.330 e. The van der Waals surface area contributed by atoms with Crippen molar-refractivity contribution in [2.75, 3.05) is 27.3 Å². The van der Waals surface area contributed by atoms with E-state index in [0.717, 1.165) is 35.4 Å². The van der Waals surface area contributed by atoms with E-state index in [-0.39, 0.29) is 24.9 Å².